The summed E-state index contributed by atoms with van der Waals surface area (Å²) in [4.78, 5) is 11.9. The lowest BCUT2D eigenvalue weighted by molar-refractivity contribution is -0.116. The predicted molar refractivity (Wildman–Crippen MR) is 98.1 cm³/mol. The molecule has 0 aliphatic heterocycles. The van der Waals surface area contributed by atoms with Crippen molar-refractivity contribution in [2.45, 2.75) is 6.92 Å². The number of nitrogens with zero attached hydrogens (tertiary/aromatic N) is 1. The molecule has 0 aliphatic rings. The van der Waals surface area contributed by atoms with Crippen molar-refractivity contribution < 1.29 is 4.79 Å². The number of nitrogens with one attached hydrogen (secondary N) is 1. The monoisotopic (exact) mass is 316 g/mol. The van der Waals surface area contributed by atoms with Crippen LogP contribution in [0.1, 0.15) is 16.7 Å². The third kappa shape index (κ3) is 3.30. The van der Waals surface area contributed by atoms with E-state index in [9.17, 15) is 4.79 Å². The quantitative estimate of drug-likeness (QED) is 0.726. The Morgan fingerprint density at radius 3 is 2.25 bits per heavy atom. The van der Waals surface area contributed by atoms with E-state index >= 15 is 0 Å². The van der Waals surface area contributed by atoms with Gasteiger partial charge in [0.05, 0.1) is 0 Å². The van der Waals surface area contributed by atoms with Gasteiger partial charge in [-0.25, -0.2) is 0 Å². The Hall–Kier alpha value is -3.07. The minimum atomic E-state index is -0.109. The molecule has 0 aliphatic carbocycles. The highest BCUT2D eigenvalue weighted by molar-refractivity contribution is 5.99. The first-order valence-electron chi connectivity index (χ1n) is 7.92. The number of benzene rings is 2. The van der Waals surface area contributed by atoms with Crippen LogP contribution in [0.3, 0.4) is 0 Å². The van der Waals surface area contributed by atoms with Crippen molar-refractivity contribution in [2.75, 3.05) is 7.05 Å². The van der Waals surface area contributed by atoms with Crippen LogP contribution in [-0.4, -0.2) is 17.5 Å². The van der Waals surface area contributed by atoms with E-state index in [1.165, 1.54) is 0 Å². The Balaban J connectivity index is 2.05. The normalized spacial score (nSPS) is 11.3. The summed E-state index contributed by atoms with van der Waals surface area (Å²) in [6, 6.07) is 20.3. The molecule has 120 valence electrons. The molecule has 1 heterocycles. The van der Waals surface area contributed by atoms with E-state index in [0.29, 0.717) is 0 Å². The van der Waals surface area contributed by atoms with Gasteiger partial charge in [0, 0.05) is 31.2 Å². The molecule has 0 bridgehead atoms. The maximum Gasteiger partial charge on any atom is 0.244 e. The topological polar surface area (TPSA) is 34.0 Å². The van der Waals surface area contributed by atoms with E-state index in [1.54, 1.807) is 13.1 Å². The first kappa shape index (κ1) is 15.8. The van der Waals surface area contributed by atoms with Gasteiger partial charge in [0.15, 0.2) is 0 Å². The third-order valence-electron chi connectivity index (χ3n) is 4.04. The van der Waals surface area contributed by atoms with Crippen molar-refractivity contribution in [1.82, 2.24) is 9.88 Å². The molecule has 0 spiro atoms. The fourth-order valence-electron chi connectivity index (χ4n) is 2.71. The molecule has 2 aromatic carbocycles. The second kappa shape index (κ2) is 7.01. The van der Waals surface area contributed by atoms with Gasteiger partial charge in [-0.15, -0.1) is 0 Å². The highest BCUT2D eigenvalue weighted by Gasteiger charge is 2.10. The molecule has 0 fully saturated rings. The number of carbonyl (C=O) groups is 1. The van der Waals surface area contributed by atoms with Crippen LogP contribution >= 0.6 is 0 Å². The fourth-order valence-corrected chi connectivity index (χ4v) is 2.71. The zero-order valence-electron chi connectivity index (χ0n) is 13.9. The van der Waals surface area contributed by atoms with Gasteiger partial charge in [-0.05, 0) is 53.5 Å². The Morgan fingerprint density at radius 1 is 0.958 bits per heavy atom. The molecule has 24 heavy (non-hydrogen) atoms. The van der Waals surface area contributed by atoms with Gasteiger partial charge in [-0.1, -0.05) is 36.4 Å². The molecule has 0 saturated carbocycles. The first-order chi connectivity index (χ1) is 11.7. The van der Waals surface area contributed by atoms with E-state index in [-0.39, 0.29) is 5.91 Å². The largest absolute Gasteiger partial charge is 0.356 e. The Kier molecular flexibility index (Phi) is 4.62. The molecule has 0 unspecified atom stereocenters. The summed E-state index contributed by atoms with van der Waals surface area (Å²) in [5, 5.41) is 2.67. The summed E-state index contributed by atoms with van der Waals surface area (Å²) < 4.78 is 2.06. The summed E-state index contributed by atoms with van der Waals surface area (Å²) >= 11 is 0. The molecule has 0 atom stereocenters. The van der Waals surface area contributed by atoms with Crippen molar-refractivity contribution in [1.29, 1.82) is 0 Å². The zero-order valence-corrected chi connectivity index (χ0v) is 13.9. The molecule has 3 aromatic rings. The van der Waals surface area contributed by atoms with E-state index in [1.807, 2.05) is 42.7 Å². The lowest BCUT2D eigenvalue weighted by Gasteiger charge is -2.12. The minimum absolute atomic E-state index is 0.109. The molecule has 1 N–H and O–H groups in total. The molecule has 0 saturated heterocycles. The van der Waals surface area contributed by atoms with Crippen LogP contribution in [0.15, 0.2) is 79.1 Å². The van der Waals surface area contributed by atoms with Crippen molar-refractivity contribution in [3.63, 3.8) is 0 Å². The number of hydrogen-bond donors (Lipinski definition) is 1. The van der Waals surface area contributed by atoms with Crippen LogP contribution in [0.25, 0.3) is 11.3 Å². The molecule has 1 amide bonds. The smallest absolute Gasteiger partial charge is 0.244 e. The molecular weight excluding hydrogens is 296 g/mol. The lowest BCUT2D eigenvalue weighted by Crippen LogP contribution is -2.15. The zero-order chi connectivity index (χ0) is 16.9. The standard InChI is InChI=1S/C21H20N2O/c1-16-7-3-4-8-19(16)20(15-21(24)22-2)17-9-11-18(12-10-17)23-13-5-6-14-23/h3-15H,1-2H3,(H,22,24). The van der Waals surface area contributed by atoms with E-state index in [2.05, 4.69) is 47.1 Å². The van der Waals surface area contributed by atoms with Crippen LogP contribution in [0.2, 0.25) is 0 Å². The highest BCUT2D eigenvalue weighted by Crippen LogP contribution is 2.27. The van der Waals surface area contributed by atoms with Crippen molar-refractivity contribution in [3.05, 3.63) is 95.8 Å². The van der Waals surface area contributed by atoms with Crippen LogP contribution in [0, 0.1) is 6.92 Å². The van der Waals surface area contributed by atoms with Crippen LogP contribution in [0.4, 0.5) is 0 Å². The van der Waals surface area contributed by atoms with Gasteiger partial charge < -0.3 is 9.88 Å². The number of aryl methyl sites for hydroxylation is 1. The summed E-state index contributed by atoms with van der Waals surface area (Å²) in [6.07, 6.45) is 5.68. The average Bonchev–Trinajstić information content (AvgIpc) is 3.15. The number of aromatic nitrogens is 1. The van der Waals surface area contributed by atoms with E-state index in [0.717, 1.165) is 28.0 Å². The number of rotatable bonds is 4. The Labute approximate surface area is 142 Å². The molecule has 3 rings (SSSR count). The van der Waals surface area contributed by atoms with Gasteiger partial charge in [0.25, 0.3) is 0 Å². The molecule has 1 aromatic heterocycles. The number of carbonyl (C=O) groups excluding carboxylic acids is 1. The second-order valence-electron chi connectivity index (χ2n) is 5.62. The van der Waals surface area contributed by atoms with Gasteiger partial charge in [0.1, 0.15) is 0 Å². The first-order valence-corrected chi connectivity index (χ1v) is 7.92. The Bertz CT molecular complexity index is 859. The molecule has 3 heteroatoms. The summed E-state index contributed by atoms with van der Waals surface area (Å²) in [5.41, 5.74) is 5.24. The van der Waals surface area contributed by atoms with Crippen LogP contribution in [-0.2, 0) is 4.79 Å². The lowest BCUT2D eigenvalue weighted by atomic mass is 9.94. The van der Waals surface area contributed by atoms with Gasteiger partial charge in [-0.3, -0.25) is 4.79 Å². The maximum atomic E-state index is 11.9. The van der Waals surface area contributed by atoms with Crippen LogP contribution < -0.4 is 5.32 Å². The fraction of sp³-hybridized carbons (Fsp3) is 0.0952. The van der Waals surface area contributed by atoms with Gasteiger partial charge in [-0.2, -0.15) is 0 Å². The van der Waals surface area contributed by atoms with Gasteiger partial charge in [0.2, 0.25) is 5.91 Å². The van der Waals surface area contributed by atoms with E-state index in [4.69, 9.17) is 0 Å². The van der Waals surface area contributed by atoms with Crippen molar-refractivity contribution in [3.8, 4) is 5.69 Å². The average molecular weight is 316 g/mol. The molecular formula is C21H20N2O. The highest BCUT2D eigenvalue weighted by atomic mass is 16.1. The predicted octanol–water partition coefficient (Wildman–Crippen LogP) is 3.96. The minimum Gasteiger partial charge on any atom is -0.356 e. The van der Waals surface area contributed by atoms with Crippen molar-refractivity contribution in [2.24, 2.45) is 0 Å². The third-order valence-corrected chi connectivity index (χ3v) is 4.04. The SMILES string of the molecule is CNC(=O)C=C(c1ccc(-n2cccc2)cc1)c1ccccc1C. The summed E-state index contributed by atoms with van der Waals surface area (Å²) in [5.74, 6) is -0.109. The summed E-state index contributed by atoms with van der Waals surface area (Å²) in [7, 11) is 1.64. The summed E-state index contributed by atoms with van der Waals surface area (Å²) in [6.45, 7) is 2.06. The second-order valence-corrected chi connectivity index (χ2v) is 5.62. The maximum absolute atomic E-state index is 11.9. The Morgan fingerprint density at radius 2 is 1.62 bits per heavy atom. The molecule has 3 nitrogen and oxygen atoms in total. The number of likely N-dealkylation sites (N-methyl/N-ethyl adjacent to an activating group) is 1. The molecule has 0 radical (unpaired) electrons. The van der Waals surface area contributed by atoms with Crippen molar-refractivity contribution >= 4 is 11.5 Å². The number of amides is 1. The van der Waals surface area contributed by atoms with E-state index < -0.39 is 0 Å². The number of hydrogen-bond acceptors (Lipinski definition) is 1. The van der Waals surface area contributed by atoms with Crippen LogP contribution in [0.5, 0.6) is 0 Å². The van der Waals surface area contributed by atoms with Gasteiger partial charge >= 0.3 is 0 Å².